The van der Waals surface area contributed by atoms with E-state index in [-0.39, 0.29) is 6.61 Å². The topological polar surface area (TPSA) is 25.2 Å². The molecule has 0 saturated carbocycles. The highest BCUT2D eigenvalue weighted by Gasteiger charge is 1.99. The lowest BCUT2D eigenvalue weighted by atomic mass is 10.4. The smallest absolute Gasteiger partial charge is 0.0696 e. The van der Waals surface area contributed by atoms with Gasteiger partial charge in [-0.1, -0.05) is 0 Å². The number of halogens is 1. The molecule has 1 N–H and O–H groups in total. The van der Waals surface area contributed by atoms with E-state index in [1.165, 1.54) is 4.88 Å². The van der Waals surface area contributed by atoms with Crippen molar-refractivity contribution >= 4 is 27.3 Å². The molecular formula is C10H10BrNOS. The molecule has 0 amide bonds. The molecule has 4 heteroatoms. The van der Waals surface area contributed by atoms with Gasteiger partial charge in [0.2, 0.25) is 0 Å². The lowest BCUT2D eigenvalue weighted by Gasteiger charge is -1.98. The Morgan fingerprint density at radius 1 is 1.50 bits per heavy atom. The van der Waals surface area contributed by atoms with Crippen LogP contribution in [0.3, 0.4) is 0 Å². The lowest BCUT2D eigenvalue weighted by molar-refractivity contribution is 0.282. The molecular weight excluding hydrogens is 262 g/mol. The average Bonchev–Trinajstić information content (AvgIpc) is 2.76. The van der Waals surface area contributed by atoms with E-state index in [4.69, 9.17) is 5.11 Å². The minimum Gasteiger partial charge on any atom is -0.392 e. The van der Waals surface area contributed by atoms with Crippen molar-refractivity contribution in [3.05, 3.63) is 44.8 Å². The predicted molar refractivity (Wildman–Crippen MR) is 61.5 cm³/mol. The third-order valence-electron chi connectivity index (χ3n) is 1.95. The zero-order valence-electron chi connectivity index (χ0n) is 7.48. The molecule has 0 aliphatic rings. The van der Waals surface area contributed by atoms with Gasteiger partial charge >= 0.3 is 0 Å². The Kier molecular flexibility index (Phi) is 3.05. The van der Waals surface area contributed by atoms with E-state index in [0.29, 0.717) is 0 Å². The van der Waals surface area contributed by atoms with Crippen molar-refractivity contribution in [1.82, 2.24) is 4.57 Å². The van der Waals surface area contributed by atoms with Gasteiger partial charge in [0.15, 0.2) is 0 Å². The summed E-state index contributed by atoms with van der Waals surface area (Å²) in [6.07, 6.45) is 3.95. The average molecular weight is 272 g/mol. The summed E-state index contributed by atoms with van der Waals surface area (Å²) in [5, 5.41) is 11.0. The highest BCUT2D eigenvalue weighted by atomic mass is 79.9. The maximum absolute atomic E-state index is 8.90. The molecule has 0 saturated heterocycles. The molecule has 0 unspecified atom stereocenters. The van der Waals surface area contributed by atoms with Gasteiger partial charge in [-0.25, -0.2) is 0 Å². The summed E-state index contributed by atoms with van der Waals surface area (Å²) >= 11 is 5.16. The monoisotopic (exact) mass is 271 g/mol. The number of aliphatic hydroxyl groups excluding tert-OH is 1. The summed E-state index contributed by atoms with van der Waals surface area (Å²) in [5.41, 5.74) is 0.959. The van der Waals surface area contributed by atoms with Crippen molar-refractivity contribution in [3.8, 4) is 0 Å². The molecule has 0 aromatic carbocycles. The van der Waals surface area contributed by atoms with Crippen molar-refractivity contribution in [3.63, 3.8) is 0 Å². The molecule has 2 heterocycles. The van der Waals surface area contributed by atoms with Crippen molar-refractivity contribution in [2.45, 2.75) is 13.2 Å². The van der Waals surface area contributed by atoms with Crippen molar-refractivity contribution < 1.29 is 5.11 Å². The van der Waals surface area contributed by atoms with Gasteiger partial charge in [0.05, 0.1) is 13.2 Å². The van der Waals surface area contributed by atoms with E-state index in [2.05, 4.69) is 31.9 Å². The molecule has 14 heavy (non-hydrogen) atoms. The highest BCUT2D eigenvalue weighted by Crippen LogP contribution is 2.20. The second kappa shape index (κ2) is 4.29. The fourth-order valence-corrected chi connectivity index (χ4v) is 2.76. The zero-order valence-corrected chi connectivity index (χ0v) is 9.88. The van der Waals surface area contributed by atoms with E-state index in [9.17, 15) is 0 Å². The third kappa shape index (κ3) is 2.26. The van der Waals surface area contributed by atoms with Crippen LogP contribution in [0.1, 0.15) is 10.4 Å². The Hall–Kier alpha value is -0.580. The summed E-state index contributed by atoms with van der Waals surface area (Å²) in [6.45, 7) is 0.984. The normalized spacial score (nSPS) is 10.7. The fraction of sp³-hybridized carbons (Fsp3) is 0.200. The zero-order chi connectivity index (χ0) is 9.97. The number of thiophene rings is 1. The molecule has 0 aliphatic heterocycles. The summed E-state index contributed by atoms with van der Waals surface area (Å²) in [5.74, 6) is 0. The molecule has 0 aliphatic carbocycles. The van der Waals surface area contributed by atoms with Crippen LogP contribution in [-0.2, 0) is 13.2 Å². The van der Waals surface area contributed by atoms with Gasteiger partial charge in [-0.2, -0.15) is 0 Å². The molecule has 2 nitrogen and oxygen atoms in total. The Morgan fingerprint density at radius 2 is 2.36 bits per heavy atom. The number of hydrogen-bond donors (Lipinski definition) is 1. The van der Waals surface area contributed by atoms with Gasteiger partial charge < -0.3 is 9.67 Å². The summed E-state index contributed by atoms with van der Waals surface area (Å²) < 4.78 is 3.20. The number of aromatic nitrogens is 1. The molecule has 2 aromatic heterocycles. The van der Waals surface area contributed by atoms with Gasteiger partial charge in [0, 0.05) is 27.1 Å². The van der Waals surface area contributed by atoms with Crippen LogP contribution in [-0.4, -0.2) is 9.67 Å². The van der Waals surface area contributed by atoms with Crippen molar-refractivity contribution in [2.24, 2.45) is 0 Å². The minimum absolute atomic E-state index is 0.112. The Balaban J connectivity index is 2.10. The lowest BCUT2D eigenvalue weighted by Crippen LogP contribution is -1.93. The second-order valence-corrected chi connectivity index (χ2v) is 4.99. The number of aliphatic hydroxyl groups is 1. The molecule has 0 radical (unpaired) electrons. The summed E-state index contributed by atoms with van der Waals surface area (Å²) in [6, 6.07) is 4.05. The van der Waals surface area contributed by atoms with E-state index >= 15 is 0 Å². The van der Waals surface area contributed by atoms with Crippen LogP contribution in [0.4, 0.5) is 0 Å². The SMILES string of the molecule is OCc1ccn(Cc2cc(Br)cs2)c1. The molecule has 2 rings (SSSR count). The minimum atomic E-state index is 0.112. The van der Waals surface area contributed by atoms with Gasteiger partial charge in [-0.3, -0.25) is 0 Å². The Morgan fingerprint density at radius 3 is 2.93 bits per heavy atom. The molecule has 2 aromatic rings. The molecule has 74 valence electrons. The first-order chi connectivity index (χ1) is 6.78. The predicted octanol–water partition coefficient (Wildman–Crippen LogP) is 2.85. The largest absolute Gasteiger partial charge is 0.392 e. The Labute approximate surface area is 94.9 Å². The van der Waals surface area contributed by atoms with Crippen LogP contribution < -0.4 is 0 Å². The van der Waals surface area contributed by atoms with E-state index in [1.807, 2.05) is 18.5 Å². The summed E-state index contributed by atoms with van der Waals surface area (Å²) in [4.78, 5) is 1.30. The van der Waals surface area contributed by atoms with Crippen molar-refractivity contribution in [2.75, 3.05) is 0 Å². The van der Waals surface area contributed by atoms with Crippen LogP contribution >= 0.6 is 27.3 Å². The number of hydrogen-bond acceptors (Lipinski definition) is 2. The van der Waals surface area contributed by atoms with Crippen LogP contribution in [0.25, 0.3) is 0 Å². The van der Waals surface area contributed by atoms with Crippen LogP contribution in [0.15, 0.2) is 34.4 Å². The third-order valence-corrected chi connectivity index (χ3v) is 3.64. The number of nitrogens with zero attached hydrogens (tertiary/aromatic N) is 1. The van der Waals surface area contributed by atoms with Crippen LogP contribution in [0, 0.1) is 0 Å². The van der Waals surface area contributed by atoms with E-state index < -0.39 is 0 Å². The Bertz CT molecular complexity index is 421. The summed E-state index contributed by atoms with van der Waals surface area (Å²) in [7, 11) is 0. The van der Waals surface area contributed by atoms with Gasteiger partial charge in [-0.05, 0) is 33.6 Å². The fourth-order valence-electron chi connectivity index (χ4n) is 1.30. The molecule has 0 bridgehead atoms. The standard InChI is InChI=1S/C10H10BrNOS/c11-9-3-10(14-7-9)5-12-2-1-8(4-12)6-13/h1-4,7,13H,5-6H2. The van der Waals surface area contributed by atoms with Crippen LogP contribution in [0.5, 0.6) is 0 Å². The van der Waals surface area contributed by atoms with E-state index in [0.717, 1.165) is 16.6 Å². The van der Waals surface area contributed by atoms with Crippen molar-refractivity contribution in [1.29, 1.82) is 0 Å². The van der Waals surface area contributed by atoms with Gasteiger partial charge in [0.25, 0.3) is 0 Å². The molecule has 0 atom stereocenters. The maximum Gasteiger partial charge on any atom is 0.0696 e. The van der Waals surface area contributed by atoms with Gasteiger partial charge in [0.1, 0.15) is 0 Å². The van der Waals surface area contributed by atoms with Gasteiger partial charge in [-0.15, -0.1) is 11.3 Å². The number of rotatable bonds is 3. The molecule has 0 spiro atoms. The van der Waals surface area contributed by atoms with E-state index in [1.54, 1.807) is 11.3 Å². The second-order valence-electron chi connectivity index (χ2n) is 3.08. The quantitative estimate of drug-likeness (QED) is 0.913. The first-order valence-corrected chi connectivity index (χ1v) is 5.93. The highest BCUT2D eigenvalue weighted by molar-refractivity contribution is 9.10. The molecule has 0 fully saturated rings. The maximum atomic E-state index is 8.90. The van der Waals surface area contributed by atoms with Crippen LogP contribution in [0.2, 0.25) is 0 Å². The first kappa shape index (κ1) is 9.96. The first-order valence-electron chi connectivity index (χ1n) is 4.26.